The van der Waals surface area contributed by atoms with Crippen LogP contribution in [0, 0.1) is 27.7 Å². The summed E-state index contributed by atoms with van der Waals surface area (Å²) in [6.07, 6.45) is 2.03. The van der Waals surface area contributed by atoms with Crippen molar-refractivity contribution >= 4 is 11.4 Å². The SMILES string of the molecule is COc1ccc(N2CCN(c3c(C)c(C)c4c(c3C)C(c3ccc(C)nc3)C(C)(C)O4)CC2)cc1. The number of hydrogen-bond acceptors (Lipinski definition) is 5. The molecule has 1 aromatic heterocycles. The summed E-state index contributed by atoms with van der Waals surface area (Å²) < 4.78 is 12.0. The molecule has 2 aliphatic heterocycles. The molecule has 35 heavy (non-hydrogen) atoms. The standard InChI is InChI=1S/C30H37N3O2/c1-19-8-9-23(18-31-19)27-26-22(4)28(20(2)21(3)29(26)35-30(27,5)6)33-16-14-32(15-17-33)24-10-12-25(34-7)13-11-24/h8-13,18,27H,14-17H2,1-7H3. The van der Waals surface area contributed by atoms with E-state index in [9.17, 15) is 0 Å². The van der Waals surface area contributed by atoms with E-state index in [0.29, 0.717) is 0 Å². The average Bonchev–Trinajstić information content (AvgIpc) is 3.15. The van der Waals surface area contributed by atoms with E-state index in [1.807, 2.05) is 25.3 Å². The summed E-state index contributed by atoms with van der Waals surface area (Å²) in [6.45, 7) is 17.2. The first-order valence-electron chi connectivity index (χ1n) is 12.6. The van der Waals surface area contributed by atoms with Gasteiger partial charge in [-0.3, -0.25) is 4.98 Å². The van der Waals surface area contributed by atoms with E-state index in [1.54, 1.807) is 7.11 Å². The van der Waals surface area contributed by atoms with Gasteiger partial charge >= 0.3 is 0 Å². The summed E-state index contributed by atoms with van der Waals surface area (Å²) in [7, 11) is 1.71. The molecule has 0 spiro atoms. The molecular formula is C30H37N3O2. The number of benzene rings is 2. The van der Waals surface area contributed by atoms with Gasteiger partial charge in [-0.15, -0.1) is 0 Å². The van der Waals surface area contributed by atoms with Gasteiger partial charge < -0.3 is 19.3 Å². The number of anilines is 2. The highest BCUT2D eigenvalue weighted by Gasteiger charge is 2.45. The second-order valence-electron chi connectivity index (χ2n) is 10.5. The summed E-state index contributed by atoms with van der Waals surface area (Å²) in [4.78, 5) is 9.66. The van der Waals surface area contributed by atoms with Crippen LogP contribution < -0.4 is 19.3 Å². The van der Waals surface area contributed by atoms with Crippen molar-refractivity contribution in [3.05, 3.63) is 76.1 Å². The number of ether oxygens (including phenoxy) is 2. The fourth-order valence-corrected chi connectivity index (χ4v) is 5.95. The minimum Gasteiger partial charge on any atom is -0.497 e. The van der Waals surface area contributed by atoms with E-state index in [0.717, 1.165) is 43.4 Å². The Morgan fingerprint density at radius 1 is 0.857 bits per heavy atom. The Hall–Kier alpha value is -3.21. The molecular weight excluding hydrogens is 434 g/mol. The number of methoxy groups -OCH3 is 1. The Labute approximate surface area is 209 Å². The van der Waals surface area contributed by atoms with Crippen LogP contribution in [0.3, 0.4) is 0 Å². The van der Waals surface area contributed by atoms with E-state index in [2.05, 4.69) is 73.7 Å². The molecule has 1 unspecified atom stereocenters. The molecule has 3 aromatic rings. The van der Waals surface area contributed by atoms with Crippen LogP contribution in [-0.4, -0.2) is 43.9 Å². The molecule has 5 nitrogen and oxygen atoms in total. The first-order valence-corrected chi connectivity index (χ1v) is 12.6. The van der Waals surface area contributed by atoms with Crippen LogP contribution in [0.5, 0.6) is 11.5 Å². The van der Waals surface area contributed by atoms with Gasteiger partial charge in [0.2, 0.25) is 0 Å². The second-order valence-corrected chi connectivity index (χ2v) is 10.5. The third-order valence-corrected chi connectivity index (χ3v) is 7.91. The number of aryl methyl sites for hydroxylation is 1. The van der Waals surface area contributed by atoms with Crippen molar-refractivity contribution in [2.75, 3.05) is 43.1 Å². The molecule has 0 aliphatic carbocycles. The molecule has 1 saturated heterocycles. The van der Waals surface area contributed by atoms with Crippen molar-refractivity contribution in [1.82, 2.24) is 4.98 Å². The molecule has 184 valence electrons. The van der Waals surface area contributed by atoms with Crippen LogP contribution in [0.15, 0.2) is 42.6 Å². The lowest BCUT2D eigenvalue weighted by Crippen LogP contribution is -2.47. The fraction of sp³-hybridized carbons (Fsp3) is 0.433. The van der Waals surface area contributed by atoms with Gasteiger partial charge in [0.1, 0.15) is 17.1 Å². The molecule has 5 rings (SSSR count). The lowest BCUT2D eigenvalue weighted by Gasteiger charge is -2.39. The van der Waals surface area contributed by atoms with E-state index in [4.69, 9.17) is 9.47 Å². The topological polar surface area (TPSA) is 37.8 Å². The third kappa shape index (κ3) is 4.01. The van der Waals surface area contributed by atoms with Gasteiger partial charge in [0.05, 0.1) is 13.0 Å². The van der Waals surface area contributed by atoms with Gasteiger partial charge in [-0.25, -0.2) is 0 Å². The minimum absolute atomic E-state index is 0.157. The number of pyridine rings is 1. The molecule has 0 radical (unpaired) electrons. The van der Waals surface area contributed by atoms with Crippen molar-refractivity contribution in [2.45, 2.75) is 53.1 Å². The predicted octanol–water partition coefficient (Wildman–Crippen LogP) is 5.95. The zero-order valence-corrected chi connectivity index (χ0v) is 22.1. The largest absolute Gasteiger partial charge is 0.497 e. The van der Waals surface area contributed by atoms with Gasteiger partial charge in [-0.2, -0.15) is 0 Å². The highest BCUT2D eigenvalue weighted by Crippen LogP contribution is 2.54. The van der Waals surface area contributed by atoms with Crippen LogP contribution in [0.25, 0.3) is 0 Å². The molecule has 2 aliphatic rings. The maximum Gasteiger partial charge on any atom is 0.127 e. The number of aromatic nitrogens is 1. The maximum atomic E-state index is 6.66. The van der Waals surface area contributed by atoms with Gasteiger partial charge in [-0.1, -0.05) is 6.07 Å². The molecule has 1 atom stereocenters. The first kappa shape index (κ1) is 23.5. The highest BCUT2D eigenvalue weighted by atomic mass is 16.5. The summed E-state index contributed by atoms with van der Waals surface area (Å²) >= 11 is 0. The Balaban J connectivity index is 1.48. The van der Waals surface area contributed by atoms with Crippen molar-refractivity contribution in [1.29, 1.82) is 0 Å². The monoisotopic (exact) mass is 471 g/mol. The molecule has 0 N–H and O–H groups in total. The Bertz CT molecular complexity index is 1220. The molecule has 1 fully saturated rings. The number of rotatable bonds is 4. The third-order valence-electron chi connectivity index (χ3n) is 7.91. The molecule has 0 bridgehead atoms. The number of piperazine rings is 1. The summed E-state index contributed by atoms with van der Waals surface area (Å²) in [5, 5.41) is 0. The Kier molecular flexibility index (Phi) is 5.90. The van der Waals surface area contributed by atoms with Crippen LogP contribution in [0.1, 0.15) is 53.3 Å². The lowest BCUT2D eigenvalue weighted by atomic mass is 9.78. The number of hydrogen-bond donors (Lipinski definition) is 0. The van der Waals surface area contributed by atoms with Crippen LogP contribution >= 0.6 is 0 Å². The highest BCUT2D eigenvalue weighted by molar-refractivity contribution is 5.72. The van der Waals surface area contributed by atoms with Gasteiger partial charge in [-0.05, 0) is 94.1 Å². The van der Waals surface area contributed by atoms with Crippen molar-refractivity contribution < 1.29 is 9.47 Å². The van der Waals surface area contributed by atoms with Crippen molar-refractivity contribution in [3.63, 3.8) is 0 Å². The fourth-order valence-electron chi connectivity index (χ4n) is 5.95. The molecule has 2 aromatic carbocycles. The van der Waals surface area contributed by atoms with E-state index in [-0.39, 0.29) is 11.5 Å². The lowest BCUT2D eigenvalue weighted by molar-refractivity contribution is 0.121. The quantitative estimate of drug-likeness (QED) is 0.470. The van der Waals surface area contributed by atoms with E-state index < -0.39 is 0 Å². The normalized spacial score (nSPS) is 18.9. The van der Waals surface area contributed by atoms with E-state index in [1.165, 1.54) is 39.2 Å². The van der Waals surface area contributed by atoms with Crippen molar-refractivity contribution in [3.8, 4) is 11.5 Å². The van der Waals surface area contributed by atoms with Gasteiger partial charge in [0.15, 0.2) is 0 Å². The maximum absolute atomic E-state index is 6.66. The van der Waals surface area contributed by atoms with Gasteiger partial charge in [0, 0.05) is 55.0 Å². The summed E-state index contributed by atoms with van der Waals surface area (Å²) in [5.41, 5.74) is 9.83. The molecule has 5 heteroatoms. The molecule has 0 amide bonds. The summed E-state index contributed by atoms with van der Waals surface area (Å²) in [5.74, 6) is 2.12. The van der Waals surface area contributed by atoms with Gasteiger partial charge in [0.25, 0.3) is 0 Å². The zero-order valence-electron chi connectivity index (χ0n) is 22.1. The predicted molar refractivity (Wildman–Crippen MR) is 144 cm³/mol. The zero-order chi connectivity index (χ0) is 24.9. The number of nitrogens with zero attached hydrogens (tertiary/aromatic N) is 3. The smallest absolute Gasteiger partial charge is 0.127 e. The van der Waals surface area contributed by atoms with Crippen LogP contribution in [0.4, 0.5) is 11.4 Å². The molecule has 0 saturated carbocycles. The number of fused-ring (bicyclic) bond motifs is 1. The average molecular weight is 472 g/mol. The Morgan fingerprint density at radius 2 is 1.51 bits per heavy atom. The minimum atomic E-state index is -0.326. The van der Waals surface area contributed by atoms with Crippen LogP contribution in [-0.2, 0) is 0 Å². The molecule has 3 heterocycles. The second kappa shape index (κ2) is 8.78. The first-order chi connectivity index (χ1) is 16.7. The van der Waals surface area contributed by atoms with Crippen molar-refractivity contribution in [2.24, 2.45) is 0 Å². The van der Waals surface area contributed by atoms with E-state index >= 15 is 0 Å². The summed E-state index contributed by atoms with van der Waals surface area (Å²) in [6, 6.07) is 12.7. The van der Waals surface area contributed by atoms with Crippen LogP contribution in [0.2, 0.25) is 0 Å². The Morgan fingerprint density at radius 3 is 2.11 bits per heavy atom.